The molecule has 2 aliphatic rings. The topological polar surface area (TPSA) is 44.4 Å². The number of carbonyl (C=O) groups is 1. The first-order valence-corrected chi connectivity index (χ1v) is 5.71. The molecule has 0 aliphatic carbocycles. The second kappa shape index (κ2) is 3.64. The van der Waals surface area contributed by atoms with Crippen LogP contribution < -0.4 is 15.5 Å². The summed E-state index contributed by atoms with van der Waals surface area (Å²) in [7, 11) is 0. The van der Waals surface area contributed by atoms with E-state index < -0.39 is 0 Å². The SMILES string of the molecule is O=C1N[C@@H]2CNCCN2c2cc(Cl)ccc21. The van der Waals surface area contributed by atoms with Crippen LogP contribution in [-0.2, 0) is 0 Å². The van der Waals surface area contributed by atoms with Gasteiger partial charge in [0.25, 0.3) is 5.91 Å². The molecule has 1 saturated heterocycles. The summed E-state index contributed by atoms with van der Waals surface area (Å²) < 4.78 is 0. The predicted molar refractivity (Wildman–Crippen MR) is 62.9 cm³/mol. The Morgan fingerprint density at radius 3 is 3.19 bits per heavy atom. The summed E-state index contributed by atoms with van der Waals surface area (Å²) in [5, 5.41) is 6.91. The average molecular weight is 238 g/mol. The number of carbonyl (C=O) groups excluding carboxylic acids is 1. The number of fused-ring (bicyclic) bond motifs is 3. The second-order valence-electron chi connectivity index (χ2n) is 4.05. The Labute approximate surface area is 98.6 Å². The Morgan fingerprint density at radius 1 is 1.44 bits per heavy atom. The number of nitrogens with zero attached hydrogens (tertiary/aromatic N) is 1. The fraction of sp³-hybridized carbons (Fsp3) is 0.364. The Bertz CT molecular complexity index is 449. The smallest absolute Gasteiger partial charge is 0.255 e. The minimum Gasteiger partial charge on any atom is -0.348 e. The molecule has 0 spiro atoms. The van der Waals surface area contributed by atoms with Crippen molar-refractivity contribution >= 4 is 23.2 Å². The number of amides is 1. The molecule has 1 aromatic rings. The average Bonchev–Trinajstić information content (AvgIpc) is 2.29. The van der Waals surface area contributed by atoms with Crippen LogP contribution in [0.4, 0.5) is 5.69 Å². The van der Waals surface area contributed by atoms with E-state index in [9.17, 15) is 4.79 Å². The molecule has 0 radical (unpaired) electrons. The summed E-state index contributed by atoms with van der Waals surface area (Å²) in [5.41, 5.74) is 1.66. The zero-order valence-corrected chi connectivity index (χ0v) is 9.42. The molecule has 1 fully saturated rings. The van der Waals surface area contributed by atoms with E-state index >= 15 is 0 Å². The van der Waals surface area contributed by atoms with Crippen molar-refractivity contribution in [3.63, 3.8) is 0 Å². The zero-order chi connectivity index (χ0) is 11.1. The molecule has 1 aromatic carbocycles. The lowest BCUT2D eigenvalue weighted by Crippen LogP contribution is -2.62. The number of nitrogens with one attached hydrogen (secondary N) is 2. The van der Waals surface area contributed by atoms with E-state index in [1.54, 1.807) is 12.1 Å². The standard InChI is InChI=1S/C11H12ClN3O/c12-7-1-2-8-9(5-7)15-4-3-13-6-10(15)14-11(8)16/h1-2,5,10,13H,3-4,6H2,(H,14,16)/t10-/m0/s1. The summed E-state index contributed by atoms with van der Waals surface area (Å²) in [5.74, 6) is -0.0170. The highest BCUT2D eigenvalue weighted by atomic mass is 35.5. The lowest BCUT2D eigenvalue weighted by Gasteiger charge is -2.42. The third kappa shape index (κ3) is 1.45. The Balaban J connectivity index is 2.09. The second-order valence-corrected chi connectivity index (χ2v) is 4.48. The largest absolute Gasteiger partial charge is 0.348 e. The predicted octanol–water partition coefficient (Wildman–Crippen LogP) is 0.819. The van der Waals surface area contributed by atoms with Gasteiger partial charge in [-0.15, -0.1) is 0 Å². The summed E-state index contributed by atoms with van der Waals surface area (Å²) in [6.45, 7) is 2.59. The molecule has 16 heavy (non-hydrogen) atoms. The first kappa shape index (κ1) is 9.93. The van der Waals surface area contributed by atoms with Crippen molar-refractivity contribution in [2.24, 2.45) is 0 Å². The fourth-order valence-electron chi connectivity index (χ4n) is 2.29. The molecule has 0 unspecified atom stereocenters. The molecule has 1 atom stereocenters. The van der Waals surface area contributed by atoms with Gasteiger partial charge in [0.2, 0.25) is 0 Å². The van der Waals surface area contributed by atoms with E-state index in [4.69, 9.17) is 11.6 Å². The van der Waals surface area contributed by atoms with E-state index in [0.29, 0.717) is 10.6 Å². The molecule has 4 nitrogen and oxygen atoms in total. The summed E-state index contributed by atoms with van der Waals surface area (Å²) in [6.07, 6.45) is 0.0483. The molecule has 0 aromatic heterocycles. The Kier molecular flexibility index (Phi) is 2.26. The maximum absolute atomic E-state index is 11.8. The van der Waals surface area contributed by atoms with Crippen LogP contribution in [0.25, 0.3) is 0 Å². The third-order valence-corrected chi connectivity index (χ3v) is 3.29. The highest BCUT2D eigenvalue weighted by Gasteiger charge is 2.32. The van der Waals surface area contributed by atoms with Gasteiger partial charge in [-0.3, -0.25) is 4.79 Å². The quantitative estimate of drug-likeness (QED) is 0.702. The van der Waals surface area contributed by atoms with Crippen molar-refractivity contribution in [2.45, 2.75) is 6.17 Å². The highest BCUT2D eigenvalue weighted by Crippen LogP contribution is 2.29. The normalized spacial score (nSPS) is 23.4. The van der Waals surface area contributed by atoms with Crippen molar-refractivity contribution in [2.75, 3.05) is 24.5 Å². The van der Waals surface area contributed by atoms with Gasteiger partial charge in [-0.2, -0.15) is 0 Å². The van der Waals surface area contributed by atoms with Crippen LogP contribution in [0.15, 0.2) is 18.2 Å². The van der Waals surface area contributed by atoms with Gasteiger partial charge in [-0.05, 0) is 18.2 Å². The molecule has 2 N–H and O–H groups in total. The first-order chi connectivity index (χ1) is 7.75. The van der Waals surface area contributed by atoms with Gasteiger partial charge < -0.3 is 15.5 Å². The molecule has 0 bridgehead atoms. The van der Waals surface area contributed by atoms with Crippen molar-refractivity contribution < 1.29 is 4.79 Å². The summed E-state index contributed by atoms with van der Waals surface area (Å²) in [4.78, 5) is 14.0. The fourth-order valence-corrected chi connectivity index (χ4v) is 2.45. The summed E-state index contributed by atoms with van der Waals surface area (Å²) in [6, 6.07) is 5.40. The molecule has 3 rings (SSSR count). The molecule has 2 aliphatic heterocycles. The van der Waals surface area contributed by atoms with Gasteiger partial charge in [-0.25, -0.2) is 0 Å². The van der Waals surface area contributed by atoms with E-state index in [2.05, 4.69) is 15.5 Å². The van der Waals surface area contributed by atoms with Crippen molar-refractivity contribution in [1.29, 1.82) is 0 Å². The minimum atomic E-state index is -0.0170. The molecule has 2 heterocycles. The van der Waals surface area contributed by atoms with E-state index in [-0.39, 0.29) is 12.1 Å². The van der Waals surface area contributed by atoms with E-state index in [0.717, 1.165) is 25.3 Å². The van der Waals surface area contributed by atoms with Gasteiger partial charge >= 0.3 is 0 Å². The van der Waals surface area contributed by atoms with Crippen molar-refractivity contribution in [3.8, 4) is 0 Å². The Morgan fingerprint density at radius 2 is 2.31 bits per heavy atom. The Hall–Kier alpha value is -1.26. The molecule has 1 amide bonds. The number of rotatable bonds is 0. The van der Waals surface area contributed by atoms with Crippen LogP contribution in [0.2, 0.25) is 5.02 Å². The first-order valence-electron chi connectivity index (χ1n) is 5.33. The van der Waals surface area contributed by atoms with Gasteiger partial charge in [0.1, 0.15) is 6.17 Å². The molecular formula is C11H12ClN3O. The number of anilines is 1. The van der Waals surface area contributed by atoms with E-state index in [1.165, 1.54) is 0 Å². The van der Waals surface area contributed by atoms with Gasteiger partial charge in [0.15, 0.2) is 0 Å². The molecule has 84 valence electrons. The third-order valence-electron chi connectivity index (χ3n) is 3.05. The zero-order valence-electron chi connectivity index (χ0n) is 8.66. The van der Waals surface area contributed by atoms with Crippen LogP contribution in [-0.4, -0.2) is 31.7 Å². The van der Waals surface area contributed by atoms with Crippen LogP contribution in [0.1, 0.15) is 10.4 Å². The summed E-state index contributed by atoms with van der Waals surface area (Å²) >= 11 is 5.98. The lowest BCUT2D eigenvalue weighted by molar-refractivity contribution is 0.0923. The number of hydrogen-bond acceptors (Lipinski definition) is 3. The number of benzene rings is 1. The van der Waals surface area contributed by atoms with Crippen LogP contribution in [0, 0.1) is 0 Å². The van der Waals surface area contributed by atoms with Gasteiger partial charge in [0.05, 0.1) is 11.3 Å². The molecular weight excluding hydrogens is 226 g/mol. The van der Waals surface area contributed by atoms with E-state index in [1.807, 2.05) is 6.07 Å². The lowest BCUT2D eigenvalue weighted by atomic mass is 10.1. The number of piperazine rings is 1. The van der Waals surface area contributed by atoms with Crippen molar-refractivity contribution in [1.82, 2.24) is 10.6 Å². The van der Waals surface area contributed by atoms with Gasteiger partial charge in [0, 0.05) is 24.7 Å². The molecule has 0 saturated carbocycles. The maximum atomic E-state index is 11.8. The van der Waals surface area contributed by atoms with Crippen LogP contribution in [0.5, 0.6) is 0 Å². The number of halogens is 1. The monoisotopic (exact) mass is 237 g/mol. The highest BCUT2D eigenvalue weighted by molar-refractivity contribution is 6.31. The maximum Gasteiger partial charge on any atom is 0.255 e. The van der Waals surface area contributed by atoms with Crippen LogP contribution >= 0.6 is 11.6 Å². The molecule has 5 heteroatoms. The number of hydrogen-bond donors (Lipinski definition) is 2. The van der Waals surface area contributed by atoms with Gasteiger partial charge in [-0.1, -0.05) is 11.6 Å². The van der Waals surface area contributed by atoms with Crippen LogP contribution in [0.3, 0.4) is 0 Å². The van der Waals surface area contributed by atoms with Crippen molar-refractivity contribution in [3.05, 3.63) is 28.8 Å². The minimum absolute atomic E-state index is 0.0170.